The van der Waals surface area contributed by atoms with Crippen LogP contribution in [0, 0.1) is 13.8 Å². The van der Waals surface area contributed by atoms with Crippen LogP contribution in [-0.2, 0) is 0 Å². The summed E-state index contributed by atoms with van der Waals surface area (Å²) < 4.78 is 0. The van der Waals surface area contributed by atoms with Gasteiger partial charge in [-0.1, -0.05) is 30.3 Å². The van der Waals surface area contributed by atoms with E-state index in [2.05, 4.69) is 15.4 Å². The van der Waals surface area contributed by atoms with Crippen LogP contribution in [-0.4, -0.2) is 21.3 Å². The van der Waals surface area contributed by atoms with E-state index < -0.39 is 0 Å². The Labute approximate surface area is 88.2 Å². The summed E-state index contributed by atoms with van der Waals surface area (Å²) in [5, 5.41) is 12.0. The number of rotatable bonds is 2. The van der Waals surface area contributed by atoms with Crippen molar-refractivity contribution in [1.82, 2.24) is 15.1 Å². The van der Waals surface area contributed by atoms with E-state index >= 15 is 0 Å². The Morgan fingerprint density at radius 2 is 1.93 bits per heavy atom. The molecule has 0 atom stereocenters. The zero-order valence-corrected chi connectivity index (χ0v) is 8.75. The van der Waals surface area contributed by atoms with Crippen LogP contribution in [0.5, 0.6) is 0 Å². The fraction of sp³-hybridized carbons (Fsp3) is 0.182. The van der Waals surface area contributed by atoms with Gasteiger partial charge in [-0.3, -0.25) is 0 Å². The molecule has 0 aliphatic rings. The van der Waals surface area contributed by atoms with Crippen molar-refractivity contribution < 1.29 is 0 Å². The summed E-state index contributed by atoms with van der Waals surface area (Å²) in [4.78, 5) is 1.53. The van der Waals surface area contributed by atoms with Crippen molar-refractivity contribution >= 4 is 6.21 Å². The molecule has 1 heterocycles. The van der Waals surface area contributed by atoms with Gasteiger partial charge >= 0.3 is 0 Å². The molecule has 0 fully saturated rings. The molecule has 0 radical (unpaired) electrons. The molecule has 0 spiro atoms. The number of aromatic nitrogens is 3. The highest BCUT2D eigenvalue weighted by molar-refractivity contribution is 5.79. The molecule has 1 aromatic heterocycles. The highest BCUT2D eigenvalue weighted by atomic mass is 15.6. The molecule has 0 aliphatic carbocycles. The van der Waals surface area contributed by atoms with Crippen LogP contribution >= 0.6 is 0 Å². The predicted molar refractivity (Wildman–Crippen MR) is 58.9 cm³/mol. The lowest BCUT2D eigenvalue weighted by molar-refractivity contribution is 0.679. The smallest absolute Gasteiger partial charge is 0.0848 e. The quantitative estimate of drug-likeness (QED) is 0.693. The van der Waals surface area contributed by atoms with Crippen molar-refractivity contribution in [2.45, 2.75) is 13.8 Å². The van der Waals surface area contributed by atoms with Crippen molar-refractivity contribution in [3.8, 4) is 0 Å². The molecule has 15 heavy (non-hydrogen) atoms. The van der Waals surface area contributed by atoms with Crippen molar-refractivity contribution in [1.29, 1.82) is 0 Å². The van der Waals surface area contributed by atoms with Gasteiger partial charge in [0, 0.05) is 0 Å². The second-order valence-corrected chi connectivity index (χ2v) is 3.30. The minimum absolute atomic E-state index is 0.903. The summed E-state index contributed by atoms with van der Waals surface area (Å²) in [6.45, 7) is 3.86. The molecule has 0 saturated carbocycles. The van der Waals surface area contributed by atoms with Gasteiger partial charge in [-0.15, -0.1) is 9.89 Å². The minimum Gasteiger partial charge on any atom is -0.157 e. The topological polar surface area (TPSA) is 43.1 Å². The first-order valence-corrected chi connectivity index (χ1v) is 4.75. The second-order valence-electron chi connectivity index (χ2n) is 3.30. The van der Waals surface area contributed by atoms with Crippen molar-refractivity contribution in [3.05, 3.63) is 47.3 Å². The number of nitrogens with zero attached hydrogens (tertiary/aromatic N) is 4. The van der Waals surface area contributed by atoms with E-state index in [-0.39, 0.29) is 0 Å². The Bertz CT molecular complexity index is 471. The Hall–Kier alpha value is -1.97. The fourth-order valence-electron chi connectivity index (χ4n) is 1.16. The minimum atomic E-state index is 0.903. The maximum absolute atomic E-state index is 4.21. The van der Waals surface area contributed by atoms with E-state index in [0.29, 0.717) is 0 Å². The van der Waals surface area contributed by atoms with Gasteiger partial charge in [-0.2, -0.15) is 5.10 Å². The third-order valence-corrected chi connectivity index (χ3v) is 2.22. The Kier molecular flexibility index (Phi) is 2.58. The predicted octanol–water partition coefficient (Wildman–Crippen LogP) is 1.78. The van der Waals surface area contributed by atoms with E-state index in [1.165, 1.54) is 4.79 Å². The van der Waals surface area contributed by atoms with Gasteiger partial charge < -0.3 is 0 Å². The normalized spacial score (nSPS) is 11.1. The van der Waals surface area contributed by atoms with Crippen molar-refractivity contribution in [2.75, 3.05) is 0 Å². The van der Waals surface area contributed by atoms with Gasteiger partial charge in [0.15, 0.2) is 0 Å². The Balaban J connectivity index is 2.23. The van der Waals surface area contributed by atoms with Crippen LogP contribution in [0.25, 0.3) is 0 Å². The number of aryl methyl sites for hydroxylation is 1. The molecule has 4 heteroatoms. The van der Waals surface area contributed by atoms with Gasteiger partial charge in [-0.05, 0) is 24.6 Å². The number of hydrogen-bond donors (Lipinski definition) is 0. The van der Waals surface area contributed by atoms with Crippen LogP contribution in [0.2, 0.25) is 0 Å². The number of benzene rings is 1. The molecule has 0 aliphatic heterocycles. The van der Waals surface area contributed by atoms with Crippen molar-refractivity contribution in [3.63, 3.8) is 0 Å². The first-order chi connectivity index (χ1) is 7.27. The van der Waals surface area contributed by atoms with Gasteiger partial charge in [-0.25, -0.2) is 0 Å². The zero-order chi connectivity index (χ0) is 10.7. The maximum atomic E-state index is 4.21. The molecule has 0 bridgehead atoms. The average molecular weight is 200 g/mol. The van der Waals surface area contributed by atoms with Gasteiger partial charge in [0.2, 0.25) is 0 Å². The Morgan fingerprint density at radius 3 is 2.53 bits per heavy atom. The SMILES string of the molecule is Cc1nnn(N=Cc2ccccc2)c1C. The summed E-state index contributed by atoms with van der Waals surface area (Å²) in [5.41, 5.74) is 2.91. The van der Waals surface area contributed by atoms with E-state index in [9.17, 15) is 0 Å². The zero-order valence-electron chi connectivity index (χ0n) is 8.75. The maximum Gasteiger partial charge on any atom is 0.0848 e. The molecular formula is C11H12N4. The van der Waals surface area contributed by atoms with Gasteiger partial charge in [0.1, 0.15) is 0 Å². The molecule has 0 unspecified atom stereocenters. The summed E-state index contributed by atoms with van der Waals surface area (Å²) in [6.07, 6.45) is 1.76. The van der Waals surface area contributed by atoms with Crippen molar-refractivity contribution in [2.24, 2.45) is 5.10 Å². The largest absolute Gasteiger partial charge is 0.157 e. The molecule has 4 nitrogen and oxygen atoms in total. The highest BCUT2D eigenvalue weighted by Gasteiger charge is 2.00. The summed E-state index contributed by atoms with van der Waals surface area (Å²) in [7, 11) is 0. The lowest BCUT2D eigenvalue weighted by Crippen LogP contribution is -1.95. The molecule has 76 valence electrons. The molecule has 0 N–H and O–H groups in total. The second kappa shape index (κ2) is 4.04. The van der Waals surface area contributed by atoms with E-state index in [1.54, 1.807) is 6.21 Å². The summed E-state index contributed by atoms with van der Waals surface area (Å²) >= 11 is 0. The van der Waals surface area contributed by atoms with E-state index in [4.69, 9.17) is 0 Å². The van der Waals surface area contributed by atoms with Crippen LogP contribution in [0.15, 0.2) is 35.4 Å². The number of hydrogen-bond acceptors (Lipinski definition) is 3. The monoisotopic (exact) mass is 200 g/mol. The Morgan fingerprint density at radius 1 is 1.20 bits per heavy atom. The summed E-state index contributed by atoms with van der Waals surface area (Å²) in [6, 6.07) is 9.90. The lowest BCUT2D eigenvalue weighted by Gasteiger charge is -1.94. The third-order valence-electron chi connectivity index (χ3n) is 2.22. The first kappa shape index (κ1) is 9.58. The fourth-order valence-corrected chi connectivity index (χ4v) is 1.16. The molecule has 0 amide bonds. The average Bonchev–Trinajstić information content (AvgIpc) is 2.59. The lowest BCUT2D eigenvalue weighted by atomic mass is 10.2. The molecular weight excluding hydrogens is 188 g/mol. The standard InChI is InChI=1S/C11H12N4/c1-9-10(2)15(14-13-9)12-8-11-6-4-3-5-7-11/h3-8H,1-2H3. The molecule has 1 aromatic carbocycles. The van der Waals surface area contributed by atoms with Crippen LogP contribution in [0.3, 0.4) is 0 Å². The molecule has 0 saturated heterocycles. The first-order valence-electron chi connectivity index (χ1n) is 4.75. The van der Waals surface area contributed by atoms with Crippen LogP contribution in [0.4, 0.5) is 0 Å². The molecule has 2 aromatic rings. The highest BCUT2D eigenvalue weighted by Crippen LogP contribution is 2.01. The van der Waals surface area contributed by atoms with Gasteiger partial charge in [0.25, 0.3) is 0 Å². The summed E-state index contributed by atoms with van der Waals surface area (Å²) in [5.74, 6) is 0. The van der Waals surface area contributed by atoms with E-state index in [0.717, 1.165) is 17.0 Å². The van der Waals surface area contributed by atoms with Crippen LogP contribution < -0.4 is 0 Å². The van der Waals surface area contributed by atoms with Crippen LogP contribution in [0.1, 0.15) is 17.0 Å². The molecule has 2 rings (SSSR count). The third kappa shape index (κ3) is 2.10. The van der Waals surface area contributed by atoms with Gasteiger partial charge in [0.05, 0.1) is 17.6 Å². The van der Waals surface area contributed by atoms with E-state index in [1.807, 2.05) is 44.2 Å².